The monoisotopic (exact) mass is 421 g/mol. The maximum Gasteiger partial charge on any atom is 0.336 e. The lowest BCUT2D eigenvalue weighted by atomic mass is 9.98. The molecule has 2 atom stereocenters. The lowest BCUT2D eigenvalue weighted by Gasteiger charge is -2.32. The zero-order valence-electron chi connectivity index (χ0n) is 17.1. The lowest BCUT2D eigenvalue weighted by molar-refractivity contribution is -0.147. The lowest BCUT2D eigenvalue weighted by Crippen LogP contribution is -2.47. The molecule has 1 aliphatic heterocycles. The predicted molar refractivity (Wildman–Crippen MR) is 115 cm³/mol. The quantitative estimate of drug-likeness (QED) is 0.633. The van der Waals surface area contributed by atoms with E-state index in [4.69, 9.17) is 9.15 Å². The second-order valence-corrected chi connectivity index (χ2v) is 7.72. The van der Waals surface area contributed by atoms with Gasteiger partial charge in [-0.3, -0.25) is 9.59 Å². The van der Waals surface area contributed by atoms with Crippen LogP contribution in [0.15, 0.2) is 63.8 Å². The van der Waals surface area contributed by atoms with Crippen LogP contribution in [0, 0.1) is 5.92 Å². The Kier molecular flexibility index (Phi) is 5.75. The molecule has 0 aliphatic carbocycles. The van der Waals surface area contributed by atoms with Crippen LogP contribution in [0.2, 0.25) is 0 Å². The van der Waals surface area contributed by atoms with Crippen molar-refractivity contribution in [1.29, 1.82) is 0 Å². The van der Waals surface area contributed by atoms with Gasteiger partial charge in [0.25, 0.3) is 5.91 Å². The van der Waals surface area contributed by atoms with Crippen LogP contribution >= 0.6 is 0 Å². The number of carboxylic acids is 1. The molecule has 31 heavy (non-hydrogen) atoms. The number of carbonyl (C=O) groups excluding carboxylic acids is 1. The summed E-state index contributed by atoms with van der Waals surface area (Å²) in [5, 5.41) is 10.00. The number of hydrogen-bond acceptors (Lipinski definition) is 5. The second kappa shape index (κ2) is 8.63. The molecule has 1 amide bonds. The van der Waals surface area contributed by atoms with Crippen LogP contribution in [-0.4, -0.2) is 41.1 Å². The maximum absolute atomic E-state index is 12.8. The fourth-order valence-corrected chi connectivity index (χ4v) is 3.96. The van der Waals surface area contributed by atoms with Gasteiger partial charge in [0, 0.05) is 30.6 Å². The number of amides is 1. The number of carboxylic acid groups (broad SMARTS) is 1. The summed E-state index contributed by atoms with van der Waals surface area (Å²) in [5.41, 5.74) is 1.55. The molecule has 2 unspecified atom stereocenters. The van der Waals surface area contributed by atoms with Crippen LogP contribution in [0.5, 0.6) is 5.75 Å². The number of nitrogens with zero attached hydrogens (tertiary/aromatic N) is 1. The molecule has 7 heteroatoms. The fraction of sp³-hybridized carbons (Fsp3) is 0.292. The number of benzene rings is 2. The first kappa shape index (κ1) is 20.7. The molecule has 7 nitrogen and oxygen atoms in total. The third kappa shape index (κ3) is 4.45. The Morgan fingerprint density at radius 2 is 1.94 bits per heavy atom. The van der Waals surface area contributed by atoms with E-state index in [-0.39, 0.29) is 12.5 Å². The highest BCUT2D eigenvalue weighted by molar-refractivity contribution is 5.93. The first-order valence-corrected chi connectivity index (χ1v) is 10.2. The summed E-state index contributed by atoms with van der Waals surface area (Å²) in [5.74, 6) is -1.29. The average molecular weight is 421 g/mol. The van der Waals surface area contributed by atoms with Crippen molar-refractivity contribution < 1.29 is 23.8 Å². The van der Waals surface area contributed by atoms with E-state index in [1.165, 1.54) is 6.07 Å². The molecule has 1 saturated heterocycles. The van der Waals surface area contributed by atoms with Crippen LogP contribution in [0.25, 0.3) is 22.1 Å². The first-order valence-electron chi connectivity index (χ1n) is 10.2. The SMILES string of the molecule is CC(Oc1ccc2c(-c3ccccc3)cc(=O)oc2c1)C(=O)N1CCCC(C(=O)O)C1. The number of hydrogen-bond donors (Lipinski definition) is 1. The molecule has 1 aliphatic rings. The van der Waals surface area contributed by atoms with Gasteiger partial charge in [0.2, 0.25) is 0 Å². The Labute approximate surface area is 178 Å². The van der Waals surface area contributed by atoms with Gasteiger partial charge in [-0.2, -0.15) is 0 Å². The van der Waals surface area contributed by atoms with Gasteiger partial charge in [0.1, 0.15) is 11.3 Å². The van der Waals surface area contributed by atoms with E-state index >= 15 is 0 Å². The summed E-state index contributed by atoms with van der Waals surface area (Å²) in [7, 11) is 0. The summed E-state index contributed by atoms with van der Waals surface area (Å²) in [6.45, 7) is 2.34. The number of aliphatic carboxylic acids is 1. The van der Waals surface area contributed by atoms with E-state index in [2.05, 4.69) is 0 Å². The Morgan fingerprint density at radius 1 is 1.16 bits per heavy atom. The largest absolute Gasteiger partial charge is 0.481 e. The number of ether oxygens (including phenoxy) is 1. The third-order valence-corrected chi connectivity index (χ3v) is 5.54. The van der Waals surface area contributed by atoms with Crippen molar-refractivity contribution >= 4 is 22.8 Å². The van der Waals surface area contributed by atoms with E-state index in [9.17, 15) is 19.5 Å². The summed E-state index contributed by atoms with van der Waals surface area (Å²) < 4.78 is 11.2. The first-order chi connectivity index (χ1) is 14.9. The van der Waals surface area contributed by atoms with E-state index in [1.807, 2.05) is 30.3 Å². The van der Waals surface area contributed by atoms with Crippen LogP contribution in [-0.2, 0) is 9.59 Å². The maximum atomic E-state index is 12.8. The molecule has 1 N–H and O–H groups in total. The smallest absolute Gasteiger partial charge is 0.336 e. The van der Waals surface area contributed by atoms with Gasteiger partial charge < -0.3 is 19.2 Å². The number of carbonyl (C=O) groups is 2. The minimum absolute atomic E-state index is 0.189. The predicted octanol–water partition coefficient (Wildman–Crippen LogP) is 3.55. The van der Waals surface area contributed by atoms with Gasteiger partial charge in [-0.1, -0.05) is 30.3 Å². The van der Waals surface area contributed by atoms with Crippen LogP contribution < -0.4 is 10.4 Å². The Morgan fingerprint density at radius 3 is 2.68 bits per heavy atom. The van der Waals surface area contributed by atoms with Gasteiger partial charge >= 0.3 is 11.6 Å². The molecular weight excluding hydrogens is 398 g/mol. The van der Waals surface area contributed by atoms with Crippen molar-refractivity contribution in [2.24, 2.45) is 5.92 Å². The van der Waals surface area contributed by atoms with Crippen molar-refractivity contribution in [2.45, 2.75) is 25.9 Å². The van der Waals surface area contributed by atoms with Gasteiger partial charge in [-0.05, 0) is 43.0 Å². The van der Waals surface area contributed by atoms with Crippen molar-refractivity contribution in [3.63, 3.8) is 0 Å². The number of fused-ring (bicyclic) bond motifs is 1. The molecular formula is C24H23NO6. The zero-order chi connectivity index (χ0) is 22.0. The highest BCUT2D eigenvalue weighted by atomic mass is 16.5. The Hall–Kier alpha value is -3.61. The molecule has 0 saturated carbocycles. The summed E-state index contributed by atoms with van der Waals surface area (Å²) in [6.07, 6.45) is 0.426. The molecule has 4 rings (SSSR count). The highest BCUT2D eigenvalue weighted by Gasteiger charge is 2.31. The topological polar surface area (TPSA) is 97.0 Å². The molecule has 0 bridgehead atoms. The van der Waals surface area contributed by atoms with Gasteiger partial charge in [-0.25, -0.2) is 4.79 Å². The summed E-state index contributed by atoms with van der Waals surface area (Å²) >= 11 is 0. The third-order valence-electron chi connectivity index (χ3n) is 5.54. The van der Waals surface area contributed by atoms with Gasteiger partial charge in [-0.15, -0.1) is 0 Å². The standard InChI is InChI=1S/C24H23NO6/c1-15(23(27)25-11-5-8-17(14-25)24(28)29)30-18-9-10-19-20(16-6-3-2-4-7-16)13-22(26)31-21(19)12-18/h2-4,6-7,9-10,12-13,15,17H,5,8,11,14H2,1H3,(H,28,29). The average Bonchev–Trinajstić information content (AvgIpc) is 2.78. The van der Waals surface area contributed by atoms with Gasteiger partial charge in [0.05, 0.1) is 5.92 Å². The molecule has 1 aromatic heterocycles. The van der Waals surface area contributed by atoms with Crippen LogP contribution in [0.1, 0.15) is 19.8 Å². The normalized spacial score (nSPS) is 17.3. The summed E-state index contributed by atoms with van der Waals surface area (Å²) in [6, 6.07) is 16.1. The minimum Gasteiger partial charge on any atom is -0.481 e. The molecule has 0 radical (unpaired) electrons. The molecule has 3 aromatic rings. The van der Waals surface area contributed by atoms with Crippen LogP contribution in [0.4, 0.5) is 0 Å². The van der Waals surface area contributed by atoms with E-state index in [0.717, 1.165) is 16.5 Å². The van der Waals surface area contributed by atoms with Crippen molar-refractivity contribution in [3.8, 4) is 16.9 Å². The second-order valence-electron chi connectivity index (χ2n) is 7.72. The summed E-state index contributed by atoms with van der Waals surface area (Å²) in [4.78, 5) is 37.7. The molecule has 2 heterocycles. The molecule has 0 spiro atoms. The molecule has 160 valence electrons. The fourth-order valence-electron chi connectivity index (χ4n) is 3.96. The number of piperidine rings is 1. The van der Waals surface area contributed by atoms with Crippen molar-refractivity contribution in [2.75, 3.05) is 13.1 Å². The zero-order valence-corrected chi connectivity index (χ0v) is 17.1. The molecule has 1 fully saturated rings. The van der Waals surface area contributed by atoms with E-state index in [0.29, 0.717) is 30.7 Å². The number of rotatable bonds is 5. The number of likely N-dealkylation sites (tertiary alicyclic amines) is 1. The highest BCUT2D eigenvalue weighted by Crippen LogP contribution is 2.30. The van der Waals surface area contributed by atoms with E-state index in [1.54, 1.807) is 30.0 Å². The van der Waals surface area contributed by atoms with Crippen molar-refractivity contribution in [1.82, 2.24) is 4.90 Å². The van der Waals surface area contributed by atoms with Crippen LogP contribution in [0.3, 0.4) is 0 Å². The van der Waals surface area contributed by atoms with Crippen molar-refractivity contribution in [3.05, 3.63) is 65.0 Å². The van der Waals surface area contributed by atoms with E-state index < -0.39 is 23.6 Å². The minimum atomic E-state index is -0.884. The molecule has 2 aromatic carbocycles. The Bertz CT molecular complexity index is 1170. The van der Waals surface area contributed by atoms with Gasteiger partial charge in [0.15, 0.2) is 6.10 Å². The Balaban J connectivity index is 1.56.